The molecule has 0 aliphatic heterocycles. The number of nitrogens with zero attached hydrogens (tertiary/aromatic N) is 4. The lowest BCUT2D eigenvalue weighted by Gasteiger charge is -2.09. The minimum Gasteiger partial charge on any atom is -0.497 e. The van der Waals surface area contributed by atoms with E-state index in [1.807, 2.05) is 57.2 Å². The highest BCUT2D eigenvalue weighted by Gasteiger charge is 2.11. The van der Waals surface area contributed by atoms with Crippen molar-refractivity contribution in [2.45, 2.75) is 20.8 Å². The molecule has 0 aliphatic carbocycles. The first-order valence-electron chi connectivity index (χ1n) is 10.1. The zero-order valence-electron chi connectivity index (χ0n) is 18.4. The molecule has 2 aromatic heterocycles. The molecule has 162 valence electrons. The summed E-state index contributed by atoms with van der Waals surface area (Å²) in [6, 6.07) is 18.1. The van der Waals surface area contributed by atoms with Gasteiger partial charge in [-0.3, -0.25) is 4.79 Å². The third-order valence-electron chi connectivity index (χ3n) is 5.29. The molecule has 1 amide bonds. The maximum Gasteiger partial charge on any atom is 0.255 e. The molecule has 0 aliphatic rings. The number of nitrogens with one attached hydrogen (secondary N) is 2. The summed E-state index contributed by atoms with van der Waals surface area (Å²) in [5.74, 6) is 1.80. The summed E-state index contributed by atoms with van der Waals surface area (Å²) in [4.78, 5) is 12.4. The molecule has 2 heterocycles. The smallest absolute Gasteiger partial charge is 0.255 e. The van der Waals surface area contributed by atoms with Crippen molar-refractivity contribution < 1.29 is 9.53 Å². The van der Waals surface area contributed by atoms with Crippen molar-refractivity contribution >= 4 is 23.1 Å². The summed E-state index contributed by atoms with van der Waals surface area (Å²) >= 11 is 0. The normalized spacial score (nSPS) is 10.6. The van der Waals surface area contributed by atoms with Gasteiger partial charge < -0.3 is 15.4 Å². The van der Waals surface area contributed by atoms with E-state index in [1.54, 1.807) is 36.1 Å². The fourth-order valence-corrected chi connectivity index (χ4v) is 3.18. The van der Waals surface area contributed by atoms with E-state index in [0.29, 0.717) is 28.6 Å². The number of amides is 1. The van der Waals surface area contributed by atoms with Crippen molar-refractivity contribution in [1.29, 1.82) is 0 Å². The van der Waals surface area contributed by atoms with E-state index in [0.717, 1.165) is 22.6 Å². The first kappa shape index (κ1) is 21.0. The first-order valence-corrected chi connectivity index (χ1v) is 10.1. The molecule has 8 nitrogen and oxygen atoms in total. The molecule has 2 aromatic carbocycles. The molecular weight excluding hydrogens is 404 g/mol. The SMILES string of the molecule is COc1ccc(C(=O)Nc2ccc(Nc3ccc(-n4nc(C)c(C)c4C)nn3)cc2)cc1. The van der Waals surface area contributed by atoms with E-state index in [2.05, 4.69) is 25.9 Å². The minimum absolute atomic E-state index is 0.186. The summed E-state index contributed by atoms with van der Waals surface area (Å²) in [6.45, 7) is 6.03. The highest BCUT2D eigenvalue weighted by molar-refractivity contribution is 6.04. The van der Waals surface area contributed by atoms with Crippen LogP contribution < -0.4 is 15.4 Å². The summed E-state index contributed by atoms with van der Waals surface area (Å²) in [6.07, 6.45) is 0. The van der Waals surface area contributed by atoms with E-state index >= 15 is 0 Å². The minimum atomic E-state index is -0.186. The van der Waals surface area contributed by atoms with Crippen molar-refractivity contribution in [3.8, 4) is 11.6 Å². The number of ether oxygens (including phenoxy) is 1. The quantitative estimate of drug-likeness (QED) is 0.466. The van der Waals surface area contributed by atoms with Gasteiger partial charge in [-0.05, 0) is 87.0 Å². The molecular formula is C24H24N6O2. The van der Waals surface area contributed by atoms with Gasteiger partial charge in [0.25, 0.3) is 5.91 Å². The summed E-state index contributed by atoms with van der Waals surface area (Å²) < 4.78 is 6.91. The third-order valence-corrected chi connectivity index (χ3v) is 5.29. The molecule has 0 radical (unpaired) electrons. The van der Waals surface area contributed by atoms with Crippen LogP contribution in [-0.4, -0.2) is 33.0 Å². The maximum absolute atomic E-state index is 12.4. The molecule has 0 fully saturated rings. The van der Waals surface area contributed by atoms with Crippen LogP contribution in [0.4, 0.5) is 17.2 Å². The van der Waals surface area contributed by atoms with Gasteiger partial charge in [0, 0.05) is 22.6 Å². The van der Waals surface area contributed by atoms with Crippen LogP contribution in [0.25, 0.3) is 5.82 Å². The number of aromatic nitrogens is 4. The van der Waals surface area contributed by atoms with Crippen LogP contribution in [0, 0.1) is 20.8 Å². The molecule has 2 N–H and O–H groups in total. The number of hydrogen-bond donors (Lipinski definition) is 2. The van der Waals surface area contributed by atoms with Crippen LogP contribution in [-0.2, 0) is 0 Å². The molecule has 0 spiro atoms. The predicted octanol–water partition coefficient (Wildman–Crippen LogP) is 4.59. The fraction of sp³-hybridized carbons (Fsp3) is 0.167. The van der Waals surface area contributed by atoms with Crippen molar-refractivity contribution in [2.75, 3.05) is 17.7 Å². The number of anilines is 3. The van der Waals surface area contributed by atoms with Gasteiger partial charge in [-0.15, -0.1) is 10.2 Å². The van der Waals surface area contributed by atoms with Crippen LogP contribution in [0.3, 0.4) is 0 Å². The highest BCUT2D eigenvalue weighted by atomic mass is 16.5. The molecule has 32 heavy (non-hydrogen) atoms. The average Bonchev–Trinajstić information content (AvgIpc) is 3.08. The Morgan fingerprint density at radius 3 is 2.12 bits per heavy atom. The van der Waals surface area contributed by atoms with E-state index in [1.165, 1.54) is 0 Å². The molecule has 0 atom stereocenters. The van der Waals surface area contributed by atoms with E-state index < -0.39 is 0 Å². The zero-order chi connectivity index (χ0) is 22.7. The standard InChI is InChI=1S/C24H24N6O2/c1-15-16(2)29-30(17(15)3)23-14-13-22(27-28-23)25-19-7-9-20(10-8-19)26-24(31)18-5-11-21(32-4)12-6-18/h5-14H,1-4H3,(H,25,27)(H,26,31). The Morgan fingerprint density at radius 2 is 1.56 bits per heavy atom. The van der Waals surface area contributed by atoms with Gasteiger partial charge in [0.2, 0.25) is 0 Å². The Kier molecular flexibility index (Phi) is 5.85. The second-order valence-corrected chi connectivity index (χ2v) is 7.37. The average molecular weight is 428 g/mol. The lowest BCUT2D eigenvalue weighted by molar-refractivity contribution is 0.102. The Balaban J connectivity index is 1.40. The number of methoxy groups -OCH3 is 1. The molecule has 0 unspecified atom stereocenters. The monoisotopic (exact) mass is 428 g/mol. The Hall–Kier alpha value is -4.20. The van der Waals surface area contributed by atoms with Gasteiger partial charge in [-0.2, -0.15) is 5.10 Å². The number of carbonyl (C=O) groups excluding carboxylic acids is 1. The lowest BCUT2D eigenvalue weighted by atomic mass is 10.2. The highest BCUT2D eigenvalue weighted by Crippen LogP contribution is 2.20. The Bertz CT molecular complexity index is 1230. The molecule has 4 rings (SSSR count). The van der Waals surface area contributed by atoms with Gasteiger partial charge in [0.05, 0.1) is 12.8 Å². The van der Waals surface area contributed by atoms with Crippen LogP contribution in [0.5, 0.6) is 5.75 Å². The second-order valence-electron chi connectivity index (χ2n) is 7.37. The van der Waals surface area contributed by atoms with Crippen LogP contribution in [0.1, 0.15) is 27.3 Å². The Morgan fingerprint density at radius 1 is 0.875 bits per heavy atom. The molecule has 8 heteroatoms. The van der Waals surface area contributed by atoms with Crippen LogP contribution in [0.2, 0.25) is 0 Å². The first-order chi connectivity index (χ1) is 15.4. The number of rotatable bonds is 6. The lowest BCUT2D eigenvalue weighted by Crippen LogP contribution is -2.11. The topological polar surface area (TPSA) is 94.0 Å². The number of benzene rings is 2. The van der Waals surface area contributed by atoms with E-state index in [9.17, 15) is 4.79 Å². The largest absolute Gasteiger partial charge is 0.497 e. The molecule has 0 saturated heterocycles. The number of carbonyl (C=O) groups is 1. The maximum atomic E-state index is 12.4. The molecule has 0 bridgehead atoms. The van der Waals surface area contributed by atoms with Gasteiger partial charge in [-0.25, -0.2) is 4.68 Å². The van der Waals surface area contributed by atoms with Gasteiger partial charge in [0.1, 0.15) is 5.75 Å². The molecule has 4 aromatic rings. The summed E-state index contributed by atoms with van der Waals surface area (Å²) in [5.41, 5.74) is 5.25. The zero-order valence-corrected chi connectivity index (χ0v) is 18.4. The molecule has 0 saturated carbocycles. The fourth-order valence-electron chi connectivity index (χ4n) is 3.18. The van der Waals surface area contributed by atoms with Crippen LogP contribution in [0.15, 0.2) is 60.7 Å². The summed E-state index contributed by atoms with van der Waals surface area (Å²) in [5, 5.41) is 19.1. The van der Waals surface area contributed by atoms with Crippen molar-refractivity contribution in [1.82, 2.24) is 20.0 Å². The van der Waals surface area contributed by atoms with Gasteiger partial charge >= 0.3 is 0 Å². The van der Waals surface area contributed by atoms with Gasteiger partial charge in [-0.1, -0.05) is 0 Å². The number of aryl methyl sites for hydroxylation is 1. The summed E-state index contributed by atoms with van der Waals surface area (Å²) in [7, 11) is 1.59. The predicted molar refractivity (Wildman–Crippen MR) is 124 cm³/mol. The van der Waals surface area contributed by atoms with Gasteiger partial charge in [0.15, 0.2) is 11.6 Å². The number of hydrogen-bond acceptors (Lipinski definition) is 6. The Labute approximate surface area is 186 Å². The third kappa shape index (κ3) is 4.44. The van der Waals surface area contributed by atoms with Crippen molar-refractivity contribution in [3.63, 3.8) is 0 Å². The van der Waals surface area contributed by atoms with Crippen molar-refractivity contribution in [2.24, 2.45) is 0 Å². The van der Waals surface area contributed by atoms with E-state index in [-0.39, 0.29) is 5.91 Å². The van der Waals surface area contributed by atoms with Crippen molar-refractivity contribution in [3.05, 3.63) is 83.2 Å². The van der Waals surface area contributed by atoms with E-state index in [4.69, 9.17) is 4.74 Å². The van der Waals surface area contributed by atoms with Crippen LogP contribution >= 0.6 is 0 Å². The second kappa shape index (κ2) is 8.89.